The van der Waals surface area contributed by atoms with Crippen LogP contribution in [-0.4, -0.2) is 49.3 Å². The van der Waals surface area contributed by atoms with Crippen molar-refractivity contribution in [1.29, 1.82) is 0 Å². The van der Waals surface area contributed by atoms with Gasteiger partial charge in [0.25, 0.3) is 5.91 Å². The first-order chi connectivity index (χ1) is 9.06. The number of methoxy groups -OCH3 is 2. The molecule has 0 heterocycles. The number of ether oxygens (including phenoxy) is 2. The third kappa shape index (κ3) is 3.38. The van der Waals surface area contributed by atoms with Crippen molar-refractivity contribution < 1.29 is 19.4 Å². The standard InChI is InChI=1S/C14H21NO4/c1-5-15(10(2)9-18-3)14(17)11-7-6-8-12(19-4)13(11)16/h6-8,10,16H,5,9H2,1-4H3. The van der Waals surface area contributed by atoms with Crippen LogP contribution in [0.25, 0.3) is 0 Å². The molecule has 1 aromatic rings. The highest BCUT2D eigenvalue weighted by Crippen LogP contribution is 2.30. The Kier molecular flexibility index (Phi) is 5.63. The molecule has 0 aliphatic heterocycles. The number of amides is 1. The second kappa shape index (κ2) is 6.99. The number of likely N-dealkylation sites (N-methyl/N-ethyl adjacent to an activating group) is 1. The topological polar surface area (TPSA) is 59.0 Å². The summed E-state index contributed by atoms with van der Waals surface area (Å²) in [5, 5.41) is 10.0. The summed E-state index contributed by atoms with van der Waals surface area (Å²) in [6.45, 7) is 4.79. The maximum Gasteiger partial charge on any atom is 0.258 e. The van der Waals surface area contributed by atoms with E-state index in [1.165, 1.54) is 7.11 Å². The molecular weight excluding hydrogens is 246 g/mol. The van der Waals surface area contributed by atoms with Crippen LogP contribution in [0, 0.1) is 0 Å². The third-order valence-electron chi connectivity index (χ3n) is 2.99. The zero-order valence-corrected chi connectivity index (χ0v) is 11.8. The highest BCUT2D eigenvalue weighted by Gasteiger charge is 2.23. The van der Waals surface area contributed by atoms with Crippen LogP contribution in [0.2, 0.25) is 0 Å². The molecule has 106 valence electrons. The number of phenolic OH excluding ortho intramolecular Hbond substituents is 1. The van der Waals surface area contributed by atoms with E-state index in [0.717, 1.165) is 0 Å². The quantitative estimate of drug-likeness (QED) is 0.855. The summed E-state index contributed by atoms with van der Waals surface area (Å²) in [6.07, 6.45) is 0. The van der Waals surface area contributed by atoms with Gasteiger partial charge in [-0.1, -0.05) is 6.07 Å². The van der Waals surface area contributed by atoms with E-state index in [9.17, 15) is 9.90 Å². The molecule has 0 fully saturated rings. The van der Waals surface area contributed by atoms with E-state index in [4.69, 9.17) is 9.47 Å². The maximum atomic E-state index is 12.4. The van der Waals surface area contributed by atoms with Crippen molar-refractivity contribution in [2.45, 2.75) is 19.9 Å². The Morgan fingerprint density at radius 2 is 2.11 bits per heavy atom. The van der Waals surface area contributed by atoms with Crippen LogP contribution in [0.1, 0.15) is 24.2 Å². The van der Waals surface area contributed by atoms with Gasteiger partial charge in [-0.2, -0.15) is 0 Å². The molecule has 1 N–H and O–H groups in total. The van der Waals surface area contributed by atoms with E-state index < -0.39 is 0 Å². The largest absolute Gasteiger partial charge is 0.504 e. The smallest absolute Gasteiger partial charge is 0.258 e. The van der Waals surface area contributed by atoms with E-state index in [0.29, 0.717) is 18.9 Å². The normalized spacial score (nSPS) is 12.0. The lowest BCUT2D eigenvalue weighted by Gasteiger charge is -2.28. The van der Waals surface area contributed by atoms with E-state index in [2.05, 4.69) is 0 Å². The van der Waals surface area contributed by atoms with Gasteiger partial charge in [-0.05, 0) is 26.0 Å². The fourth-order valence-electron chi connectivity index (χ4n) is 2.00. The van der Waals surface area contributed by atoms with Crippen molar-refractivity contribution in [2.75, 3.05) is 27.4 Å². The van der Waals surface area contributed by atoms with Crippen molar-refractivity contribution in [1.82, 2.24) is 4.90 Å². The molecule has 0 aliphatic carbocycles. The van der Waals surface area contributed by atoms with Gasteiger partial charge in [0.1, 0.15) is 0 Å². The molecule has 1 unspecified atom stereocenters. The van der Waals surface area contributed by atoms with Gasteiger partial charge in [-0.15, -0.1) is 0 Å². The average molecular weight is 267 g/mol. The Bertz CT molecular complexity index is 433. The van der Waals surface area contributed by atoms with Gasteiger partial charge < -0.3 is 19.5 Å². The van der Waals surface area contributed by atoms with Gasteiger partial charge in [-0.25, -0.2) is 0 Å². The van der Waals surface area contributed by atoms with Crippen LogP contribution in [0.3, 0.4) is 0 Å². The van der Waals surface area contributed by atoms with Gasteiger partial charge >= 0.3 is 0 Å². The average Bonchev–Trinajstić information content (AvgIpc) is 2.40. The minimum Gasteiger partial charge on any atom is -0.504 e. The number of para-hydroxylation sites is 1. The van der Waals surface area contributed by atoms with Crippen LogP contribution >= 0.6 is 0 Å². The highest BCUT2D eigenvalue weighted by molar-refractivity contribution is 5.97. The predicted octanol–water partition coefficient (Wildman–Crippen LogP) is 1.90. The van der Waals surface area contributed by atoms with Gasteiger partial charge in [0.15, 0.2) is 11.5 Å². The van der Waals surface area contributed by atoms with Gasteiger partial charge in [-0.3, -0.25) is 4.79 Å². The SMILES string of the molecule is CCN(C(=O)c1cccc(OC)c1O)C(C)COC. The fraction of sp³-hybridized carbons (Fsp3) is 0.500. The molecular formula is C14H21NO4. The summed E-state index contributed by atoms with van der Waals surface area (Å²) in [5.74, 6) is -0.0668. The number of hydrogen-bond acceptors (Lipinski definition) is 4. The van der Waals surface area contributed by atoms with Gasteiger partial charge in [0, 0.05) is 13.7 Å². The molecule has 1 rings (SSSR count). The molecule has 0 aliphatic rings. The number of carbonyl (C=O) groups excluding carboxylic acids is 1. The third-order valence-corrected chi connectivity index (χ3v) is 2.99. The lowest BCUT2D eigenvalue weighted by molar-refractivity contribution is 0.0576. The number of hydrogen-bond donors (Lipinski definition) is 1. The van der Waals surface area contributed by atoms with Crippen LogP contribution in [0.15, 0.2) is 18.2 Å². The van der Waals surface area contributed by atoms with E-state index >= 15 is 0 Å². The molecule has 0 radical (unpaired) electrons. The Balaban J connectivity index is 3.04. The minimum atomic E-state index is -0.233. The Labute approximate surface area is 113 Å². The first-order valence-corrected chi connectivity index (χ1v) is 6.22. The van der Waals surface area contributed by atoms with Crippen molar-refractivity contribution >= 4 is 5.91 Å². The van der Waals surface area contributed by atoms with Crippen LogP contribution < -0.4 is 4.74 Å². The van der Waals surface area contributed by atoms with Gasteiger partial charge in [0.05, 0.1) is 25.3 Å². The number of benzene rings is 1. The summed E-state index contributed by atoms with van der Waals surface area (Å²) in [6, 6.07) is 4.82. The Hall–Kier alpha value is -1.75. The van der Waals surface area contributed by atoms with Crippen LogP contribution in [0.5, 0.6) is 11.5 Å². The molecule has 0 spiro atoms. The lowest BCUT2D eigenvalue weighted by Crippen LogP contribution is -2.40. The molecule has 5 heteroatoms. The fourth-order valence-corrected chi connectivity index (χ4v) is 2.00. The number of nitrogens with zero attached hydrogens (tertiary/aromatic N) is 1. The molecule has 19 heavy (non-hydrogen) atoms. The second-order valence-corrected chi connectivity index (χ2v) is 4.25. The predicted molar refractivity (Wildman–Crippen MR) is 72.7 cm³/mol. The number of carbonyl (C=O) groups is 1. The summed E-state index contributed by atoms with van der Waals surface area (Å²) < 4.78 is 10.1. The van der Waals surface area contributed by atoms with Crippen molar-refractivity contribution in [3.05, 3.63) is 23.8 Å². The summed E-state index contributed by atoms with van der Waals surface area (Å²) in [5.41, 5.74) is 0.240. The second-order valence-electron chi connectivity index (χ2n) is 4.25. The first kappa shape index (κ1) is 15.3. The van der Waals surface area contributed by atoms with Crippen molar-refractivity contribution in [3.8, 4) is 11.5 Å². The summed E-state index contributed by atoms with van der Waals surface area (Å²) >= 11 is 0. The summed E-state index contributed by atoms with van der Waals surface area (Å²) in [4.78, 5) is 14.1. The van der Waals surface area contributed by atoms with Crippen molar-refractivity contribution in [3.63, 3.8) is 0 Å². The molecule has 0 saturated carbocycles. The van der Waals surface area contributed by atoms with Crippen molar-refractivity contribution in [2.24, 2.45) is 0 Å². The molecule has 5 nitrogen and oxygen atoms in total. The zero-order chi connectivity index (χ0) is 14.4. The molecule has 1 aromatic carbocycles. The van der Waals surface area contributed by atoms with E-state index in [1.54, 1.807) is 30.2 Å². The Morgan fingerprint density at radius 1 is 1.42 bits per heavy atom. The first-order valence-electron chi connectivity index (χ1n) is 6.22. The van der Waals surface area contributed by atoms with Crippen LogP contribution in [-0.2, 0) is 4.74 Å². The van der Waals surface area contributed by atoms with E-state index in [-0.39, 0.29) is 23.3 Å². The van der Waals surface area contributed by atoms with E-state index in [1.807, 2.05) is 13.8 Å². The minimum absolute atomic E-state index is 0.0619. The highest BCUT2D eigenvalue weighted by atomic mass is 16.5. The monoisotopic (exact) mass is 267 g/mol. The molecule has 0 aromatic heterocycles. The maximum absolute atomic E-state index is 12.4. The Morgan fingerprint density at radius 3 is 2.63 bits per heavy atom. The number of phenols is 1. The number of rotatable bonds is 6. The summed E-state index contributed by atoms with van der Waals surface area (Å²) in [7, 11) is 3.05. The van der Waals surface area contributed by atoms with Gasteiger partial charge in [0.2, 0.25) is 0 Å². The molecule has 1 atom stereocenters. The van der Waals surface area contributed by atoms with Crippen LogP contribution in [0.4, 0.5) is 0 Å². The molecule has 1 amide bonds. The molecule has 0 saturated heterocycles. The number of aromatic hydroxyl groups is 1. The lowest BCUT2D eigenvalue weighted by atomic mass is 10.1. The molecule has 0 bridgehead atoms. The zero-order valence-electron chi connectivity index (χ0n) is 11.8.